The first-order chi connectivity index (χ1) is 13.5. The number of rotatable bonds is 4. The monoisotopic (exact) mass is 379 g/mol. The van der Waals surface area contributed by atoms with Crippen molar-refractivity contribution in [2.24, 2.45) is 0 Å². The molecule has 0 bridgehead atoms. The topological polar surface area (TPSA) is 69.7 Å². The third-order valence-corrected chi connectivity index (χ3v) is 4.87. The van der Waals surface area contributed by atoms with Crippen LogP contribution < -0.4 is 5.32 Å². The van der Waals surface area contributed by atoms with Gasteiger partial charge in [-0.1, -0.05) is 35.9 Å². The lowest BCUT2D eigenvalue weighted by molar-refractivity contribution is -0.129. The molecule has 2 aromatic rings. The highest BCUT2D eigenvalue weighted by Crippen LogP contribution is 2.11. The Labute approximate surface area is 165 Å². The van der Waals surface area contributed by atoms with E-state index >= 15 is 0 Å². The third kappa shape index (κ3) is 4.97. The first-order valence-electron chi connectivity index (χ1n) is 9.51. The quantitative estimate of drug-likeness (QED) is 0.884. The first kappa shape index (κ1) is 19.6. The van der Waals surface area contributed by atoms with Crippen molar-refractivity contribution in [2.45, 2.75) is 13.3 Å². The molecule has 6 nitrogen and oxygen atoms in total. The zero-order valence-corrected chi connectivity index (χ0v) is 16.1. The van der Waals surface area contributed by atoms with Gasteiger partial charge in [0.1, 0.15) is 0 Å². The largest absolute Gasteiger partial charge is 0.343 e. The summed E-state index contributed by atoms with van der Waals surface area (Å²) in [4.78, 5) is 40.8. The summed E-state index contributed by atoms with van der Waals surface area (Å²) in [5.41, 5.74) is 2.31. The normalized spacial score (nSPS) is 14.3. The van der Waals surface area contributed by atoms with E-state index < -0.39 is 0 Å². The van der Waals surface area contributed by atoms with Gasteiger partial charge in [-0.25, -0.2) is 0 Å². The smallest absolute Gasteiger partial charge is 0.253 e. The zero-order chi connectivity index (χ0) is 19.9. The summed E-state index contributed by atoms with van der Waals surface area (Å²) >= 11 is 0. The van der Waals surface area contributed by atoms with Crippen LogP contribution in [0.2, 0.25) is 0 Å². The molecule has 1 aliphatic heterocycles. The molecule has 1 saturated heterocycles. The lowest BCUT2D eigenvalue weighted by Gasteiger charge is -2.22. The molecular formula is C22H25N3O3. The average Bonchev–Trinajstić information content (AvgIpc) is 2.99. The lowest BCUT2D eigenvalue weighted by atomic mass is 10.1. The number of aryl methyl sites for hydroxylation is 1. The van der Waals surface area contributed by atoms with Crippen LogP contribution in [-0.2, 0) is 4.79 Å². The molecular weight excluding hydrogens is 354 g/mol. The molecule has 146 valence electrons. The summed E-state index contributed by atoms with van der Waals surface area (Å²) in [6.07, 6.45) is 0.718. The van der Waals surface area contributed by atoms with Crippen LogP contribution in [0.1, 0.15) is 32.7 Å². The summed E-state index contributed by atoms with van der Waals surface area (Å²) in [5, 5.41) is 2.67. The second-order valence-corrected chi connectivity index (χ2v) is 6.94. The Morgan fingerprint density at radius 3 is 2.18 bits per heavy atom. The molecule has 6 heteroatoms. The van der Waals surface area contributed by atoms with Crippen molar-refractivity contribution in [3.8, 4) is 0 Å². The highest BCUT2D eigenvalue weighted by atomic mass is 16.2. The lowest BCUT2D eigenvalue weighted by Crippen LogP contribution is -2.42. The van der Waals surface area contributed by atoms with Crippen LogP contribution >= 0.6 is 0 Å². The molecule has 1 fully saturated rings. The van der Waals surface area contributed by atoms with Gasteiger partial charge >= 0.3 is 0 Å². The van der Waals surface area contributed by atoms with Crippen LogP contribution in [0.4, 0.5) is 0 Å². The number of hydrogen-bond acceptors (Lipinski definition) is 3. The standard InChI is InChI=1S/C22H25N3O3/c1-17-8-10-19(11-9-17)22(28)25-13-5-12-24(14-15-25)20(26)16-23-21(27)18-6-3-2-4-7-18/h2-4,6-11H,5,12-16H2,1H3,(H,23,27). The highest BCUT2D eigenvalue weighted by Gasteiger charge is 2.23. The Bertz CT molecular complexity index is 834. The minimum absolute atomic E-state index is 0.00770. The van der Waals surface area contributed by atoms with Gasteiger partial charge in [-0.3, -0.25) is 14.4 Å². The van der Waals surface area contributed by atoms with Crippen molar-refractivity contribution in [1.29, 1.82) is 0 Å². The minimum atomic E-state index is -0.264. The van der Waals surface area contributed by atoms with E-state index in [1.807, 2.05) is 37.3 Å². The van der Waals surface area contributed by atoms with Gasteiger partial charge in [0.15, 0.2) is 0 Å². The molecule has 0 radical (unpaired) electrons. The van der Waals surface area contributed by atoms with Gasteiger partial charge in [-0.05, 0) is 37.6 Å². The summed E-state index contributed by atoms with van der Waals surface area (Å²) in [5.74, 6) is -0.402. The molecule has 28 heavy (non-hydrogen) atoms. The van der Waals surface area contributed by atoms with Crippen LogP contribution in [0.25, 0.3) is 0 Å². The van der Waals surface area contributed by atoms with Gasteiger partial charge in [0.05, 0.1) is 6.54 Å². The van der Waals surface area contributed by atoms with Crippen molar-refractivity contribution in [3.05, 3.63) is 71.3 Å². The number of carbonyl (C=O) groups is 3. The fourth-order valence-electron chi connectivity index (χ4n) is 3.21. The number of nitrogens with one attached hydrogen (secondary N) is 1. The molecule has 1 aliphatic rings. The SMILES string of the molecule is Cc1ccc(C(=O)N2CCCN(C(=O)CNC(=O)c3ccccc3)CC2)cc1. The van der Waals surface area contributed by atoms with Crippen LogP contribution in [-0.4, -0.2) is 60.2 Å². The van der Waals surface area contributed by atoms with Gasteiger partial charge < -0.3 is 15.1 Å². The van der Waals surface area contributed by atoms with Crippen LogP contribution in [0.5, 0.6) is 0 Å². The highest BCUT2D eigenvalue weighted by molar-refractivity contribution is 5.96. The Balaban J connectivity index is 1.51. The molecule has 1 heterocycles. The summed E-state index contributed by atoms with van der Waals surface area (Å²) in [7, 11) is 0. The maximum absolute atomic E-state index is 12.7. The van der Waals surface area contributed by atoms with Gasteiger partial charge in [0.2, 0.25) is 5.91 Å². The molecule has 3 rings (SSSR count). The summed E-state index contributed by atoms with van der Waals surface area (Å²) in [6, 6.07) is 16.3. The summed E-state index contributed by atoms with van der Waals surface area (Å²) in [6.45, 7) is 4.10. The second-order valence-electron chi connectivity index (χ2n) is 6.94. The number of hydrogen-bond donors (Lipinski definition) is 1. The minimum Gasteiger partial charge on any atom is -0.343 e. The molecule has 1 N–H and O–H groups in total. The van der Waals surface area contributed by atoms with Crippen molar-refractivity contribution in [1.82, 2.24) is 15.1 Å². The molecule has 0 spiro atoms. The van der Waals surface area contributed by atoms with Crippen molar-refractivity contribution < 1.29 is 14.4 Å². The maximum Gasteiger partial charge on any atom is 0.253 e. The first-order valence-corrected chi connectivity index (χ1v) is 9.51. The van der Waals surface area contributed by atoms with E-state index in [9.17, 15) is 14.4 Å². The second kappa shape index (κ2) is 9.17. The van der Waals surface area contributed by atoms with Crippen LogP contribution in [0.3, 0.4) is 0 Å². The fourth-order valence-corrected chi connectivity index (χ4v) is 3.21. The molecule has 0 aromatic heterocycles. The molecule has 2 aromatic carbocycles. The molecule has 0 atom stereocenters. The van der Waals surface area contributed by atoms with E-state index in [4.69, 9.17) is 0 Å². The van der Waals surface area contributed by atoms with E-state index in [2.05, 4.69) is 5.32 Å². The fraction of sp³-hybridized carbons (Fsp3) is 0.318. The molecule has 0 saturated carbocycles. The zero-order valence-electron chi connectivity index (χ0n) is 16.1. The van der Waals surface area contributed by atoms with Crippen molar-refractivity contribution >= 4 is 17.7 Å². The van der Waals surface area contributed by atoms with Gasteiger partial charge in [-0.15, -0.1) is 0 Å². The predicted molar refractivity (Wildman–Crippen MR) is 107 cm³/mol. The Morgan fingerprint density at radius 1 is 0.821 bits per heavy atom. The predicted octanol–water partition coefficient (Wildman–Crippen LogP) is 2.10. The average molecular weight is 379 g/mol. The van der Waals surface area contributed by atoms with E-state index in [-0.39, 0.29) is 24.3 Å². The Morgan fingerprint density at radius 2 is 1.46 bits per heavy atom. The van der Waals surface area contributed by atoms with Crippen LogP contribution in [0, 0.1) is 6.92 Å². The van der Waals surface area contributed by atoms with E-state index in [1.54, 1.807) is 34.1 Å². The van der Waals surface area contributed by atoms with E-state index in [0.29, 0.717) is 37.3 Å². The number of nitrogens with zero attached hydrogens (tertiary/aromatic N) is 2. The Hall–Kier alpha value is -3.15. The van der Waals surface area contributed by atoms with Gasteiger partial charge in [-0.2, -0.15) is 0 Å². The van der Waals surface area contributed by atoms with Gasteiger partial charge in [0.25, 0.3) is 11.8 Å². The number of benzene rings is 2. The molecule has 3 amide bonds. The number of amides is 3. The Kier molecular flexibility index (Phi) is 6.42. The molecule has 0 unspecified atom stereocenters. The van der Waals surface area contributed by atoms with Crippen LogP contribution in [0.15, 0.2) is 54.6 Å². The van der Waals surface area contributed by atoms with Crippen molar-refractivity contribution in [3.63, 3.8) is 0 Å². The maximum atomic E-state index is 12.7. The third-order valence-electron chi connectivity index (χ3n) is 4.87. The van der Waals surface area contributed by atoms with Gasteiger partial charge in [0, 0.05) is 37.3 Å². The number of carbonyl (C=O) groups excluding carboxylic acids is 3. The summed E-state index contributed by atoms with van der Waals surface area (Å²) < 4.78 is 0. The van der Waals surface area contributed by atoms with E-state index in [0.717, 1.165) is 12.0 Å². The van der Waals surface area contributed by atoms with Crippen molar-refractivity contribution in [2.75, 3.05) is 32.7 Å². The van der Waals surface area contributed by atoms with E-state index in [1.165, 1.54) is 0 Å². The molecule has 0 aliphatic carbocycles.